The molecule has 0 unspecified atom stereocenters. The maximum Gasteiger partial charge on any atom is 0.150 e. The molecular formula is C17H16F2N2O. The molecule has 0 saturated heterocycles. The van der Waals surface area contributed by atoms with E-state index in [4.69, 9.17) is 5.41 Å². The fourth-order valence-electron chi connectivity index (χ4n) is 2.16. The summed E-state index contributed by atoms with van der Waals surface area (Å²) in [5, 5.41) is 11.2. The van der Waals surface area contributed by atoms with Crippen molar-refractivity contribution in [2.45, 2.75) is 19.9 Å². The molecule has 0 bridgehead atoms. The van der Waals surface area contributed by atoms with Crippen LogP contribution in [0.2, 0.25) is 0 Å². The number of aldehydes is 1. The Hall–Kier alpha value is -2.56. The molecular weight excluding hydrogens is 286 g/mol. The van der Waals surface area contributed by atoms with Crippen LogP contribution in [0.4, 0.5) is 14.5 Å². The van der Waals surface area contributed by atoms with Gasteiger partial charge in [-0.1, -0.05) is 12.1 Å². The molecule has 0 radical (unpaired) electrons. The van der Waals surface area contributed by atoms with Crippen LogP contribution in [0.15, 0.2) is 36.4 Å². The lowest BCUT2D eigenvalue weighted by Gasteiger charge is -2.17. The van der Waals surface area contributed by atoms with Gasteiger partial charge in [0, 0.05) is 22.9 Å². The quantitative estimate of drug-likeness (QED) is 0.647. The second kappa shape index (κ2) is 6.47. The Bertz CT molecular complexity index is 727. The predicted octanol–water partition coefficient (Wildman–Crippen LogP) is 4.01. The van der Waals surface area contributed by atoms with Crippen LogP contribution >= 0.6 is 0 Å². The van der Waals surface area contributed by atoms with Crippen LogP contribution in [0.5, 0.6) is 0 Å². The van der Waals surface area contributed by atoms with E-state index in [9.17, 15) is 13.6 Å². The first-order valence-corrected chi connectivity index (χ1v) is 6.82. The normalized spacial score (nSPS) is 10.6. The molecule has 2 N–H and O–H groups in total. The first-order valence-electron chi connectivity index (χ1n) is 6.82. The van der Waals surface area contributed by atoms with Crippen LogP contribution < -0.4 is 5.32 Å². The summed E-state index contributed by atoms with van der Waals surface area (Å²) in [6.07, 6.45) is 0.546. The Morgan fingerprint density at radius 3 is 2.55 bits per heavy atom. The largest absolute Gasteiger partial charge is 0.382 e. The zero-order valence-electron chi connectivity index (χ0n) is 12.3. The number of carbonyl (C=O) groups is 1. The second-order valence-electron chi connectivity index (χ2n) is 5.23. The molecule has 2 aromatic rings. The van der Waals surface area contributed by atoms with Gasteiger partial charge in [0.2, 0.25) is 0 Å². The van der Waals surface area contributed by atoms with Gasteiger partial charge in [-0.25, -0.2) is 8.78 Å². The summed E-state index contributed by atoms with van der Waals surface area (Å²) in [5.74, 6) is -1.19. The van der Waals surface area contributed by atoms with Crippen molar-refractivity contribution in [3.8, 4) is 0 Å². The van der Waals surface area contributed by atoms with Gasteiger partial charge < -0.3 is 5.32 Å². The minimum atomic E-state index is -0.693. The Kier molecular flexibility index (Phi) is 4.65. The molecule has 0 aliphatic carbocycles. The maximum atomic E-state index is 14.4. The van der Waals surface area contributed by atoms with Gasteiger partial charge in [0.25, 0.3) is 0 Å². The number of halogens is 2. The molecule has 0 aromatic heterocycles. The molecule has 2 aromatic carbocycles. The standard InChI is InChI=1S/C17H16F2N2O/c1-10(2)21-15-7-11(9-22)6-14(19)16(15)17(20)12-4-3-5-13(18)8-12/h3-10,20-21H,1-2H3. The van der Waals surface area contributed by atoms with E-state index in [2.05, 4.69) is 5.32 Å². The van der Waals surface area contributed by atoms with E-state index in [0.717, 1.165) is 6.07 Å². The average Bonchev–Trinajstić information content (AvgIpc) is 2.45. The highest BCUT2D eigenvalue weighted by atomic mass is 19.1. The van der Waals surface area contributed by atoms with Crippen molar-refractivity contribution >= 4 is 17.7 Å². The van der Waals surface area contributed by atoms with E-state index in [1.165, 1.54) is 30.3 Å². The van der Waals surface area contributed by atoms with Crippen LogP contribution in [-0.4, -0.2) is 18.0 Å². The SMILES string of the molecule is CC(C)Nc1cc(C=O)cc(F)c1C(=N)c1cccc(F)c1. The first kappa shape index (κ1) is 15.8. The van der Waals surface area contributed by atoms with E-state index < -0.39 is 11.6 Å². The fraction of sp³-hybridized carbons (Fsp3) is 0.176. The van der Waals surface area contributed by atoms with Gasteiger partial charge >= 0.3 is 0 Å². The van der Waals surface area contributed by atoms with Crippen molar-refractivity contribution < 1.29 is 13.6 Å². The van der Waals surface area contributed by atoms with Gasteiger partial charge in [-0.05, 0) is 38.1 Å². The molecule has 0 amide bonds. The van der Waals surface area contributed by atoms with E-state index in [0.29, 0.717) is 12.0 Å². The smallest absolute Gasteiger partial charge is 0.150 e. The van der Waals surface area contributed by atoms with Gasteiger partial charge in [-0.3, -0.25) is 10.2 Å². The monoisotopic (exact) mass is 302 g/mol. The van der Waals surface area contributed by atoms with Gasteiger partial charge in [0.15, 0.2) is 0 Å². The molecule has 3 nitrogen and oxygen atoms in total. The number of anilines is 1. The van der Waals surface area contributed by atoms with Crippen molar-refractivity contribution in [2.75, 3.05) is 5.32 Å². The van der Waals surface area contributed by atoms with E-state index >= 15 is 0 Å². The lowest BCUT2D eigenvalue weighted by atomic mass is 9.98. The van der Waals surface area contributed by atoms with Crippen molar-refractivity contribution in [3.63, 3.8) is 0 Å². The molecule has 22 heavy (non-hydrogen) atoms. The molecule has 2 rings (SSSR count). The van der Waals surface area contributed by atoms with Crippen LogP contribution in [0.3, 0.4) is 0 Å². The lowest BCUT2D eigenvalue weighted by Crippen LogP contribution is -2.16. The number of benzene rings is 2. The van der Waals surface area contributed by atoms with E-state index in [1.807, 2.05) is 13.8 Å². The van der Waals surface area contributed by atoms with Crippen molar-refractivity contribution in [1.82, 2.24) is 0 Å². The summed E-state index contributed by atoms with van der Waals surface area (Å²) in [6.45, 7) is 3.72. The third-order valence-electron chi connectivity index (χ3n) is 3.06. The predicted molar refractivity (Wildman–Crippen MR) is 82.9 cm³/mol. The summed E-state index contributed by atoms with van der Waals surface area (Å²) in [4.78, 5) is 10.9. The zero-order chi connectivity index (χ0) is 16.3. The molecule has 0 saturated carbocycles. The highest BCUT2D eigenvalue weighted by Crippen LogP contribution is 2.25. The molecule has 0 aliphatic rings. The van der Waals surface area contributed by atoms with Gasteiger partial charge in [-0.2, -0.15) is 0 Å². The number of hydrogen-bond donors (Lipinski definition) is 2. The summed E-state index contributed by atoms with van der Waals surface area (Å²) in [6, 6.07) is 7.98. The second-order valence-corrected chi connectivity index (χ2v) is 5.23. The maximum absolute atomic E-state index is 14.4. The molecule has 0 aliphatic heterocycles. The summed E-state index contributed by atoms with van der Waals surface area (Å²) >= 11 is 0. The number of nitrogens with one attached hydrogen (secondary N) is 2. The molecule has 0 heterocycles. The Morgan fingerprint density at radius 2 is 1.95 bits per heavy atom. The topological polar surface area (TPSA) is 53.0 Å². The van der Waals surface area contributed by atoms with Gasteiger partial charge in [-0.15, -0.1) is 0 Å². The minimum absolute atomic E-state index is 0.0136. The number of rotatable bonds is 5. The van der Waals surface area contributed by atoms with Crippen LogP contribution in [0.25, 0.3) is 0 Å². The molecule has 0 atom stereocenters. The van der Waals surface area contributed by atoms with Crippen molar-refractivity contribution in [3.05, 3.63) is 64.7 Å². The first-order chi connectivity index (χ1) is 10.4. The molecule has 0 spiro atoms. The molecule has 114 valence electrons. The Labute approximate surface area is 127 Å². The summed E-state index contributed by atoms with van der Waals surface area (Å²) in [7, 11) is 0. The average molecular weight is 302 g/mol. The number of hydrogen-bond acceptors (Lipinski definition) is 3. The third kappa shape index (κ3) is 3.36. The van der Waals surface area contributed by atoms with Gasteiger partial charge in [0.05, 0.1) is 11.3 Å². The van der Waals surface area contributed by atoms with E-state index in [1.54, 1.807) is 0 Å². The van der Waals surface area contributed by atoms with E-state index in [-0.39, 0.29) is 28.4 Å². The number of carbonyl (C=O) groups excluding carboxylic acids is 1. The van der Waals surface area contributed by atoms with Gasteiger partial charge in [0.1, 0.15) is 17.9 Å². The Balaban J connectivity index is 2.57. The van der Waals surface area contributed by atoms with Crippen LogP contribution in [0, 0.1) is 17.0 Å². The molecule has 5 heteroatoms. The lowest BCUT2D eigenvalue weighted by molar-refractivity contribution is 0.112. The summed E-state index contributed by atoms with van der Waals surface area (Å²) < 4.78 is 27.7. The fourth-order valence-corrected chi connectivity index (χ4v) is 2.16. The van der Waals surface area contributed by atoms with Crippen LogP contribution in [-0.2, 0) is 0 Å². The van der Waals surface area contributed by atoms with Crippen LogP contribution in [0.1, 0.15) is 35.3 Å². The van der Waals surface area contributed by atoms with Crippen molar-refractivity contribution in [1.29, 1.82) is 5.41 Å². The highest BCUT2D eigenvalue weighted by Gasteiger charge is 2.18. The van der Waals surface area contributed by atoms with Crippen molar-refractivity contribution in [2.24, 2.45) is 0 Å². The highest BCUT2D eigenvalue weighted by molar-refractivity contribution is 6.14. The molecule has 0 fully saturated rings. The summed E-state index contributed by atoms with van der Waals surface area (Å²) in [5.41, 5.74) is 0.662. The minimum Gasteiger partial charge on any atom is -0.382 e. The third-order valence-corrected chi connectivity index (χ3v) is 3.06. The Morgan fingerprint density at radius 1 is 1.23 bits per heavy atom. The zero-order valence-corrected chi connectivity index (χ0v) is 12.3.